The molecule has 73 valence electrons. The van der Waals surface area contributed by atoms with Crippen LogP contribution in [0.3, 0.4) is 0 Å². The summed E-state index contributed by atoms with van der Waals surface area (Å²) in [5, 5.41) is 0. The summed E-state index contributed by atoms with van der Waals surface area (Å²) in [6.45, 7) is 1.87. The molecule has 1 aromatic rings. The van der Waals surface area contributed by atoms with Crippen LogP contribution in [0.4, 0.5) is 5.69 Å². The third-order valence-electron chi connectivity index (χ3n) is 1.77. The van der Waals surface area contributed by atoms with Gasteiger partial charge >= 0.3 is 5.97 Å². The number of hydrogen-bond donors (Lipinski definition) is 1. The van der Waals surface area contributed by atoms with Gasteiger partial charge in [0.05, 0.1) is 12.7 Å². The molecule has 0 bridgehead atoms. The second-order valence-electron chi connectivity index (χ2n) is 2.62. The van der Waals surface area contributed by atoms with Crippen molar-refractivity contribution in [1.29, 1.82) is 0 Å². The van der Waals surface area contributed by atoms with Gasteiger partial charge in [-0.15, -0.1) is 5.69 Å². The van der Waals surface area contributed by atoms with Gasteiger partial charge in [-0.1, -0.05) is 17.7 Å². The number of aryl methyl sites for hydroxylation is 1. The topological polar surface area (TPSA) is 66.4 Å². The number of rotatable bonds is 2. The molecule has 0 amide bonds. The number of methoxy groups -OCH3 is 1. The molecule has 0 aliphatic rings. The fourth-order valence-electron chi connectivity index (χ4n) is 0.993. The van der Waals surface area contributed by atoms with Crippen molar-refractivity contribution in [2.75, 3.05) is 7.11 Å². The molecule has 1 radical (unpaired) electrons. The molecular weight excluding hydrogens is 257 g/mol. The molecule has 2 N–H and O–H groups in total. The Morgan fingerprint density at radius 2 is 2.14 bits per heavy atom. The van der Waals surface area contributed by atoms with Crippen molar-refractivity contribution < 1.29 is 42.2 Å². The van der Waals surface area contributed by atoms with Crippen LogP contribution in [-0.4, -0.2) is 13.1 Å². The quantitative estimate of drug-likeness (QED) is 0.504. The van der Waals surface area contributed by atoms with Crippen LogP contribution < -0.4 is 5.84 Å². The summed E-state index contributed by atoms with van der Waals surface area (Å²) in [4.78, 5) is 11.1. The summed E-state index contributed by atoms with van der Waals surface area (Å²) in [6, 6.07) is 5.05. The van der Waals surface area contributed by atoms with Gasteiger partial charge in [0.15, 0.2) is 0 Å². The number of esters is 1. The monoisotopic (exact) mass is 268 g/mol. The molecule has 14 heavy (non-hydrogen) atoms. The first-order valence-corrected chi connectivity index (χ1v) is 3.79. The van der Waals surface area contributed by atoms with Crippen molar-refractivity contribution in [1.82, 2.24) is 0 Å². The molecule has 5 heteroatoms. The summed E-state index contributed by atoms with van der Waals surface area (Å²) in [7, 11) is 1.33. The van der Waals surface area contributed by atoms with Gasteiger partial charge < -0.3 is 16.0 Å². The smallest absolute Gasteiger partial charge is 0.337 e. The van der Waals surface area contributed by atoms with Gasteiger partial charge in [0.2, 0.25) is 0 Å². The molecule has 0 aliphatic carbocycles. The normalized spacial score (nSPS) is 8.79. The maximum atomic E-state index is 11.1. The maximum absolute atomic E-state index is 11.1. The molecule has 0 unspecified atom stereocenters. The number of hydrogen-bond acceptors (Lipinski definition) is 3. The second-order valence-corrected chi connectivity index (χ2v) is 2.62. The van der Waals surface area contributed by atoms with E-state index in [4.69, 9.17) is 5.84 Å². The predicted octanol–water partition coefficient (Wildman–Crippen LogP) is 1.66. The van der Waals surface area contributed by atoms with Gasteiger partial charge in [0.25, 0.3) is 0 Å². The molecule has 0 aromatic heterocycles. The average Bonchev–Trinajstić information content (AvgIpc) is 2.17. The summed E-state index contributed by atoms with van der Waals surface area (Å²) in [6.07, 6.45) is 0. The van der Waals surface area contributed by atoms with E-state index in [1.807, 2.05) is 6.92 Å². The number of ether oxygens (including phenoxy) is 1. The summed E-state index contributed by atoms with van der Waals surface area (Å²) in [5.74, 6) is 4.75. The Labute approximate surface area is 108 Å². The van der Waals surface area contributed by atoms with E-state index in [1.54, 1.807) is 18.2 Å². The molecule has 1 rings (SSSR count). The molecule has 4 nitrogen and oxygen atoms in total. The van der Waals surface area contributed by atoms with Crippen LogP contribution in [-0.2, 0) is 37.4 Å². The molecule has 0 saturated heterocycles. The van der Waals surface area contributed by atoms with Crippen LogP contribution in [0.5, 0.6) is 0 Å². The Kier molecular flexibility index (Phi) is 5.92. The Morgan fingerprint density at radius 1 is 1.50 bits per heavy atom. The molecule has 1 aromatic carbocycles. The molecule has 0 saturated carbocycles. The zero-order valence-electron chi connectivity index (χ0n) is 8.15. The number of benzene rings is 1. The third kappa shape index (κ3) is 3.05. The van der Waals surface area contributed by atoms with E-state index in [9.17, 15) is 4.79 Å². The summed E-state index contributed by atoms with van der Waals surface area (Å²) < 4.78 is 4.55. The molecular formula is C9H11N2O2Y-. The number of nitrogens with two attached hydrogens (primary N) is 1. The molecule has 0 heterocycles. The van der Waals surface area contributed by atoms with Crippen LogP contribution in [0, 0.1) is 6.92 Å². The van der Waals surface area contributed by atoms with E-state index >= 15 is 0 Å². The Morgan fingerprint density at radius 3 is 2.64 bits per heavy atom. The number of nitrogens with zero attached hydrogens (tertiary/aromatic N) is 1. The van der Waals surface area contributed by atoms with Crippen molar-refractivity contribution in [2.45, 2.75) is 6.92 Å². The van der Waals surface area contributed by atoms with Crippen LogP contribution in [0.2, 0.25) is 0 Å². The van der Waals surface area contributed by atoms with Crippen LogP contribution in [0.15, 0.2) is 18.2 Å². The average molecular weight is 268 g/mol. The van der Waals surface area contributed by atoms with Gasteiger partial charge in [0.1, 0.15) is 0 Å². The van der Waals surface area contributed by atoms with Crippen molar-refractivity contribution in [3.63, 3.8) is 0 Å². The second kappa shape index (κ2) is 6.12. The van der Waals surface area contributed by atoms with E-state index in [0.717, 1.165) is 5.56 Å². The summed E-state index contributed by atoms with van der Waals surface area (Å²) in [5.41, 5.74) is 5.52. The van der Waals surface area contributed by atoms with Crippen molar-refractivity contribution in [3.05, 3.63) is 34.8 Å². The first kappa shape index (κ1) is 13.6. The Bertz CT molecular complexity index is 329. The predicted molar refractivity (Wildman–Crippen MR) is 49.7 cm³/mol. The van der Waals surface area contributed by atoms with Crippen LogP contribution in [0.1, 0.15) is 15.9 Å². The minimum absolute atomic E-state index is 0. The van der Waals surface area contributed by atoms with Crippen molar-refractivity contribution in [3.8, 4) is 0 Å². The minimum atomic E-state index is -0.384. The van der Waals surface area contributed by atoms with Gasteiger partial charge in [-0.25, -0.2) is 4.79 Å². The van der Waals surface area contributed by atoms with E-state index < -0.39 is 0 Å². The summed E-state index contributed by atoms with van der Waals surface area (Å²) >= 11 is 0. The molecule has 0 atom stereocenters. The van der Waals surface area contributed by atoms with Crippen LogP contribution >= 0.6 is 0 Å². The van der Waals surface area contributed by atoms with Gasteiger partial charge in [-0.2, -0.15) is 0 Å². The largest absolute Gasteiger partial charge is 0.625 e. The third-order valence-corrected chi connectivity index (χ3v) is 1.77. The van der Waals surface area contributed by atoms with E-state index in [2.05, 4.69) is 10.2 Å². The molecule has 0 spiro atoms. The standard InChI is InChI=1S/C9H11N2O2.Y/c1-6-3-4-7(9(12)13-2)5-8(6)11-10;/h3-5H,10H2,1-2H3;/q-1;. The Balaban J connectivity index is 0.00000169. The fourth-order valence-corrected chi connectivity index (χ4v) is 0.993. The number of carbonyl (C=O) groups excluding carboxylic acids is 1. The minimum Gasteiger partial charge on any atom is -0.625 e. The zero-order chi connectivity index (χ0) is 9.84. The van der Waals surface area contributed by atoms with Gasteiger partial charge in [-0.3, -0.25) is 0 Å². The van der Waals surface area contributed by atoms with Gasteiger partial charge in [0, 0.05) is 32.7 Å². The molecule has 0 fully saturated rings. The molecule has 0 aliphatic heterocycles. The SMILES string of the molecule is COC(=O)c1ccc(C)c([N-]N)c1.[Y]. The first-order chi connectivity index (χ1) is 6.19. The fraction of sp³-hybridized carbons (Fsp3) is 0.222. The first-order valence-electron chi connectivity index (χ1n) is 3.79. The van der Waals surface area contributed by atoms with E-state index in [1.165, 1.54) is 7.11 Å². The maximum Gasteiger partial charge on any atom is 0.337 e. The van der Waals surface area contributed by atoms with Crippen molar-refractivity contribution >= 4 is 11.7 Å². The Hall–Kier alpha value is -0.446. The van der Waals surface area contributed by atoms with Crippen LogP contribution in [0.25, 0.3) is 5.43 Å². The van der Waals surface area contributed by atoms with Crippen molar-refractivity contribution in [2.24, 2.45) is 5.84 Å². The van der Waals surface area contributed by atoms with E-state index in [0.29, 0.717) is 11.3 Å². The van der Waals surface area contributed by atoms with E-state index in [-0.39, 0.29) is 38.7 Å². The number of carbonyl (C=O) groups is 1. The zero-order valence-corrected chi connectivity index (χ0v) is 11.0. The van der Waals surface area contributed by atoms with Gasteiger partial charge in [-0.05, 0) is 13.0 Å².